The molecule has 2 unspecified atom stereocenters. The molecule has 1 aromatic carbocycles. The molecule has 0 aliphatic carbocycles. The Bertz CT molecular complexity index is 1030. The normalized spacial score (nSPS) is 14.5. The van der Waals surface area contributed by atoms with E-state index in [4.69, 9.17) is 0 Å². The second kappa shape index (κ2) is 16.5. The largest absolute Gasteiger partial charge is 0.392 e. The van der Waals surface area contributed by atoms with Crippen molar-refractivity contribution >= 4 is 35.2 Å². The van der Waals surface area contributed by atoms with Gasteiger partial charge in [-0.3, -0.25) is 28.9 Å². The number of imide groups is 1. The Morgan fingerprint density at radius 3 is 2.05 bits per heavy atom. The van der Waals surface area contributed by atoms with Gasteiger partial charge in [-0.1, -0.05) is 59.1 Å². The fraction of sp³-hybridized carbons (Fsp3) is 0.567. The van der Waals surface area contributed by atoms with E-state index >= 15 is 0 Å². The Morgan fingerprint density at radius 1 is 0.825 bits per heavy atom. The monoisotopic (exact) mass is 556 g/mol. The van der Waals surface area contributed by atoms with Crippen LogP contribution in [0.3, 0.4) is 0 Å². The molecule has 5 amide bonds. The second-order valence-electron chi connectivity index (χ2n) is 11.0. The van der Waals surface area contributed by atoms with Gasteiger partial charge in [0.2, 0.25) is 17.7 Å². The highest BCUT2D eigenvalue weighted by Crippen LogP contribution is 2.14. The summed E-state index contributed by atoms with van der Waals surface area (Å²) >= 11 is 0. The highest BCUT2D eigenvalue weighted by Gasteiger charge is 2.29. The molecule has 220 valence electrons. The molecule has 0 saturated carbocycles. The van der Waals surface area contributed by atoms with Crippen molar-refractivity contribution in [2.45, 2.75) is 91.3 Å². The van der Waals surface area contributed by atoms with E-state index in [0.29, 0.717) is 43.8 Å². The Hall–Kier alpha value is -3.53. The second-order valence-corrected chi connectivity index (χ2v) is 11.0. The first-order valence-electron chi connectivity index (χ1n) is 14.2. The summed E-state index contributed by atoms with van der Waals surface area (Å²) in [6.45, 7) is 8.09. The quantitative estimate of drug-likeness (QED) is 0.171. The van der Waals surface area contributed by atoms with Crippen molar-refractivity contribution in [2.75, 3.05) is 11.9 Å². The van der Waals surface area contributed by atoms with E-state index in [9.17, 15) is 29.1 Å². The van der Waals surface area contributed by atoms with Gasteiger partial charge in [-0.2, -0.15) is 0 Å². The van der Waals surface area contributed by atoms with Gasteiger partial charge < -0.3 is 21.1 Å². The molecule has 0 bridgehead atoms. The van der Waals surface area contributed by atoms with Crippen LogP contribution in [-0.2, 0) is 30.6 Å². The first kappa shape index (κ1) is 32.7. The molecule has 10 nitrogen and oxygen atoms in total. The van der Waals surface area contributed by atoms with Crippen LogP contribution in [0.1, 0.15) is 78.2 Å². The predicted octanol–water partition coefficient (Wildman–Crippen LogP) is 3.05. The standard InChI is InChI=1S/C30H44N4O6/c1-20(2)9-8-10-24(29(39)31-23-14-12-22(19-35)13-15-23)32-30(40)28(21(3)4)33-25(36)11-6-5-7-18-34-26(37)16-17-27(34)38/h12-17,20-21,24,28,35H,5-11,18-19H2,1-4H3,(H,31,39)(H,32,40)(H,33,36). The van der Waals surface area contributed by atoms with E-state index in [1.54, 1.807) is 24.3 Å². The number of aliphatic hydroxyl groups excluding tert-OH is 1. The predicted molar refractivity (Wildman–Crippen MR) is 153 cm³/mol. The summed E-state index contributed by atoms with van der Waals surface area (Å²) in [4.78, 5) is 63.4. The van der Waals surface area contributed by atoms with E-state index in [1.807, 2.05) is 13.8 Å². The third-order valence-electron chi connectivity index (χ3n) is 6.76. The van der Waals surface area contributed by atoms with Gasteiger partial charge in [0.15, 0.2) is 0 Å². The molecule has 10 heteroatoms. The molecule has 1 aliphatic rings. The zero-order valence-corrected chi connectivity index (χ0v) is 24.1. The number of nitrogens with zero attached hydrogens (tertiary/aromatic N) is 1. The number of rotatable bonds is 17. The third kappa shape index (κ3) is 10.9. The van der Waals surface area contributed by atoms with Crippen molar-refractivity contribution in [1.29, 1.82) is 0 Å². The molecule has 1 aromatic rings. The topological polar surface area (TPSA) is 145 Å². The van der Waals surface area contributed by atoms with Gasteiger partial charge in [-0.15, -0.1) is 0 Å². The lowest BCUT2D eigenvalue weighted by molar-refractivity contribution is -0.137. The number of nitrogens with one attached hydrogen (secondary N) is 3. The molecule has 4 N–H and O–H groups in total. The number of carbonyl (C=O) groups is 5. The fourth-order valence-electron chi connectivity index (χ4n) is 4.35. The maximum atomic E-state index is 13.2. The number of carbonyl (C=O) groups excluding carboxylic acids is 5. The molecule has 0 aromatic heterocycles. The van der Waals surface area contributed by atoms with Crippen LogP contribution < -0.4 is 16.0 Å². The summed E-state index contributed by atoms with van der Waals surface area (Å²) in [7, 11) is 0. The van der Waals surface area contributed by atoms with E-state index in [-0.39, 0.29) is 42.6 Å². The Kier molecular flexibility index (Phi) is 13.5. The lowest BCUT2D eigenvalue weighted by Gasteiger charge is -2.25. The molecule has 0 spiro atoms. The molecule has 1 heterocycles. The summed E-state index contributed by atoms with van der Waals surface area (Å²) in [5.74, 6) is -1.40. The third-order valence-corrected chi connectivity index (χ3v) is 6.76. The van der Waals surface area contributed by atoms with Crippen molar-refractivity contribution in [3.05, 3.63) is 42.0 Å². The van der Waals surface area contributed by atoms with Gasteiger partial charge in [0.05, 0.1) is 6.61 Å². The van der Waals surface area contributed by atoms with Crippen molar-refractivity contribution in [3.63, 3.8) is 0 Å². The van der Waals surface area contributed by atoms with Gasteiger partial charge in [-0.05, 0) is 48.8 Å². The fourth-order valence-corrected chi connectivity index (χ4v) is 4.35. The molecular weight excluding hydrogens is 512 g/mol. The zero-order valence-electron chi connectivity index (χ0n) is 24.1. The van der Waals surface area contributed by atoms with E-state index in [1.165, 1.54) is 17.1 Å². The zero-order chi connectivity index (χ0) is 29.7. The highest BCUT2D eigenvalue weighted by molar-refractivity contribution is 6.12. The summed E-state index contributed by atoms with van der Waals surface area (Å²) in [6, 6.07) is 5.26. The summed E-state index contributed by atoms with van der Waals surface area (Å²) < 4.78 is 0. The maximum Gasteiger partial charge on any atom is 0.253 e. The number of hydrogen-bond donors (Lipinski definition) is 4. The number of unbranched alkanes of at least 4 members (excludes halogenated alkanes) is 2. The first-order valence-corrected chi connectivity index (χ1v) is 14.2. The summed E-state index contributed by atoms with van der Waals surface area (Å²) in [6.07, 6.45) is 6.63. The van der Waals surface area contributed by atoms with Crippen LogP contribution in [0.15, 0.2) is 36.4 Å². The number of anilines is 1. The summed E-state index contributed by atoms with van der Waals surface area (Å²) in [5, 5.41) is 17.7. The Balaban J connectivity index is 1.90. The minimum absolute atomic E-state index is 0.0945. The maximum absolute atomic E-state index is 13.2. The smallest absolute Gasteiger partial charge is 0.253 e. The van der Waals surface area contributed by atoms with E-state index in [2.05, 4.69) is 29.8 Å². The van der Waals surface area contributed by atoms with Gasteiger partial charge in [0.25, 0.3) is 11.8 Å². The SMILES string of the molecule is CC(C)CCCC(NC(=O)C(NC(=O)CCCCCN1C(=O)C=CC1=O)C(C)C)C(=O)Nc1ccc(CO)cc1. The lowest BCUT2D eigenvalue weighted by Crippen LogP contribution is -2.54. The first-order chi connectivity index (χ1) is 19.0. The van der Waals surface area contributed by atoms with Gasteiger partial charge >= 0.3 is 0 Å². The van der Waals surface area contributed by atoms with Crippen LogP contribution in [0.5, 0.6) is 0 Å². The minimum atomic E-state index is -0.803. The molecule has 0 radical (unpaired) electrons. The van der Waals surface area contributed by atoms with Crippen molar-refractivity contribution < 1.29 is 29.1 Å². The molecular formula is C30H44N4O6. The Morgan fingerprint density at radius 2 is 1.48 bits per heavy atom. The van der Waals surface area contributed by atoms with Gasteiger partial charge in [0.1, 0.15) is 12.1 Å². The average Bonchev–Trinajstić information content (AvgIpc) is 3.23. The van der Waals surface area contributed by atoms with Gasteiger partial charge in [-0.25, -0.2) is 0 Å². The molecule has 2 atom stereocenters. The number of aliphatic hydroxyl groups is 1. The van der Waals surface area contributed by atoms with Crippen molar-refractivity contribution in [2.24, 2.45) is 11.8 Å². The van der Waals surface area contributed by atoms with Crippen LogP contribution in [0, 0.1) is 11.8 Å². The van der Waals surface area contributed by atoms with E-state index in [0.717, 1.165) is 18.4 Å². The van der Waals surface area contributed by atoms with Crippen LogP contribution in [0.25, 0.3) is 0 Å². The number of hydrogen-bond acceptors (Lipinski definition) is 6. The van der Waals surface area contributed by atoms with Gasteiger partial charge in [0, 0.05) is 30.8 Å². The highest BCUT2D eigenvalue weighted by atomic mass is 16.3. The summed E-state index contributed by atoms with van der Waals surface area (Å²) in [5.41, 5.74) is 1.29. The van der Waals surface area contributed by atoms with Crippen LogP contribution in [0.2, 0.25) is 0 Å². The molecule has 2 rings (SSSR count). The molecule has 40 heavy (non-hydrogen) atoms. The van der Waals surface area contributed by atoms with Crippen LogP contribution in [-0.4, -0.2) is 58.2 Å². The molecule has 1 aliphatic heterocycles. The minimum Gasteiger partial charge on any atom is -0.392 e. The van der Waals surface area contributed by atoms with Crippen molar-refractivity contribution in [1.82, 2.24) is 15.5 Å². The van der Waals surface area contributed by atoms with Crippen LogP contribution in [0.4, 0.5) is 5.69 Å². The Labute approximate surface area is 237 Å². The lowest BCUT2D eigenvalue weighted by atomic mass is 10.00. The molecule has 0 saturated heterocycles. The van der Waals surface area contributed by atoms with Crippen molar-refractivity contribution in [3.8, 4) is 0 Å². The molecule has 0 fully saturated rings. The average molecular weight is 557 g/mol. The van der Waals surface area contributed by atoms with E-state index < -0.39 is 18.0 Å². The number of amides is 5. The number of benzene rings is 1. The van der Waals surface area contributed by atoms with Crippen LogP contribution >= 0.6 is 0 Å².